The van der Waals surface area contributed by atoms with Crippen LogP contribution in [0.25, 0.3) is 0 Å². The van der Waals surface area contributed by atoms with Gasteiger partial charge in [0, 0.05) is 45.2 Å². The highest BCUT2D eigenvalue weighted by Gasteiger charge is 2.32. The number of sulfonamides is 1. The van der Waals surface area contributed by atoms with Crippen molar-refractivity contribution in [2.75, 3.05) is 38.1 Å². The number of hydrogen-bond acceptors (Lipinski definition) is 6. The number of hydrogen-bond donors (Lipinski definition) is 1. The Morgan fingerprint density at radius 3 is 2.48 bits per heavy atom. The van der Waals surface area contributed by atoms with Crippen molar-refractivity contribution in [3.05, 3.63) is 28.3 Å². The van der Waals surface area contributed by atoms with Gasteiger partial charge in [-0.1, -0.05) is 6.92 Å². The first-order valence-electron chi connectivity index (χ1n) is 9.99. The van der Waals surface area contributed by atoms with E-state index in [0.717, 1.165) is 12.8 Å². The fraction of sp³-hybridized carbons (Fsp3) is 0.632. The molecular weight excluding hydrogens is 396 g/mol. The molecule has 10 heteroatoms. The number of nitro groups is 1. The van der Waals surface area contributed by atoms with Crippen LogP contribution < -0.4 is 10.2 Å². The van der Waals surface area contributed by atoms with Crippen molar-refractivity contribution in [1.29, 1.82) is 0 Å². The molecule has 1 amide bonds. The van der Waals surface area contributed by atoms with E-state index in [1.807, 2.05) is 11.8 Å². The van der Waals surface area contributed by atoms with Crippen LogP contribution >= 0.6 is 0 Å². The Kier molecular flexibility index (Phi) is 6.42. The van der Waals surface area contributed by atoms with E-state index in [0.29, 0.717) is 44.7 Å². The standard InChI is InChI=1S/C19H28N4O5S/c1-14-4-3-9-22(13-14)29(27,28)16-5-6-17(18(12-16)23(25)26)21-10-7-15(8-11-21)19(24)20-2/h5-6,12,14-15H,3-4,7-11,13H2,1-2H3,(H,20,24). The van der Waals surface area contributed by atoms with Crippen LogP contribution in [0.2, 0.25) is 0 Å². The second kappa shape index (κ2) is 8.66. The van der Waals surface area contributed by atoms with Crippen LogP contribution in [-0.4, -0.2) is 56.8 Å². The van der Waals surface area contributed by atoms with Gasteiger partial charge in [0.15, 0.2) is 0 Å². The lowest BCUT2D eigenvalue weighted by molar-refractivity contribution is -0.384. The minimum Gasteiger partial charge on any atom is -0.366 e. The SMILES string of the molecule is CNC(=O)C1CCN(c2ccc(S(=O)(=O)N3CCCC(C)C3)cc2[N+](=O)[O-])CC1. The third-order valence-electron chi connectivity index (χ3n) is 5.85. The quantitative estimate of drug-likeness (QED) is 0.571. The molecule has 160 valence electrons. The molecule has 0 radical (unpaired) electrons. The molecule has 2 saturated heterocycles. The maximum Gasteiger partial charge on any atom is 0.293 e. The molecule has 1 N–H and O–H groups in total. The minimum atomic E-state index is -3.76. The van der Waals surface area contributed by atoms with Gasteiger partial charge < -0.3 is 10.2 Å². The molecule has 0 bridgehead atoms. The summed E-state index contributed by atoms with van der Waals surface area (Å²) in [4.78, 5) is 24.8. The first kappa shape index (κ1) is 21.5. The van der Waals surface area contributed by atoms with E-state index >= 15 is 0 Å². The van der Waals surface area contributed by atoms with Crippen molar-refractivity contribution < 1.29 is 18.1 Å². The number of carbonyl (C=O) groups excluding carboxylic acids is 1. The second-order valence-corrected chi connectivity index (χ2v) is 9.83. The van der Waals surface area contributed by atoms with Crippen molar-refractivity contribution in [2.24, 2.45) is 11.8 Å². The van der Waals surface area contributed by atoms with Crippen molar-refractivity contribution in [3.8, 4) is 0 Å². The molecule has 0 aromatic heterocycles. The van der Waals surface area contributed by atoms with Crippen LogP contribution in [0.15, 0.2) is 23.1 Å². The van der Waals surface area contributed by atoms with E-state index < -0.39 is 14.9 Å². The molecule has 0 saturated carbocycles. The molecule has 0 spiro atoms. The van der Waals surface area contributed by atoms with Gasteiger partial charge in [0.25, 0.3) is 5.69 Å². The average molecular weight is 425 g/mol. The molecule has 1 aromatic rings. The summed E-state index contributed by atoms with van der Waals surface area (Å²) in [5.74, 6) is 0.154. The van der Waals surface area contributed by atoms with Gasteiger partial charge in [0.05, 0.1) is 9.82 Å². The first-order chi connectivity index (χ1) is 13.7. The Hall–Kier alpha value is -2.20. The lowest BCUT2D eigenvalue weighted by Gasteiger charge is -2.33. The molecule has 0 aliphatic carbocycles. The lowest BCUT2D eigenvalue weighted by Crippen LogP contribution is -2.40. The maximum atomic E-state index is 13.0. The molecule has 2 heterocycles. The zero-order valence-electron chi connectivity index (χ0n) is 16.8. The number of rotatable bonds is 5. The molecule has 9 nitrogen and oxygen atoms in total. The van der Waals surface area contributed by atoms with Gasteiger partial charge in [-0.25, -0.2) is 8.42 Å². The molecule has 29 heavy (non-hydrogen) atoms. The Bertz CT molecular complexity index is 881. The maximum absolute atomic E-state index is 13.0. The zero-order chi connectivity index (χ0) is 21.2. The molecule has 1 atom stereocenters. The average Bonchev–Trinajstić information content (AvgIpc) is 2.72. The van der Waals surface area contributed by atoms with Gasteiger partial charge in [-0.2, -0.15) is 4.31 Å². The summed E-state index contributed by atoms with van der Waals surface area (Å²) >= 11 is 0. The summed E-state index contributed by atoms with van der Waals surface area (Å²) in [6.07, 6.45) is 2.98. The fourth-order valence-electron chi connectivity index (χ4n) is 4.18. The molecule has 2 aliphatic rings. The Balaban J connectivity index is 1.85. The number of piperidine rings is 2. The van der Waals surface area contributed by atoms with Crippen molar-refractivity contribution in [3.63, 3.8) is 0 Å². The van der Waals surface area contributed by atoms with Gasteiger partial charge in [0.2, 0.25) is 15.9 Å². The van der Waals surface area contributed by atoms with Gasteiger partial charge in [0.1, 0.15) is 5.69 Å². The number of benzene rings is 1. The Labute approximate surface area is 171 Å². The summed E-state index contributed by atoms with van der Waals surface area (Å²) in [5, 5.41) is 14.3. The predicted molar refractivity (Wildman–Crippen MR) is 109 cm³/mol. The van der Waals surface area contributed by atoms with E-state index in [9.17, 15) is 23.3 Å². The number of nitro benzene ring substituents is 1. The van der Waals surface area contributed by atoms with E-state index in [4.69, 9.17) is 0 Å². The largest absolute Gasteiger partial charge is 0.366 e. The van der Waals surface area contributed by atoms with Crippen LogP contribution in [0.3, 0.4) is 0 Å². The van der Waals surface area contributed by atoms with Gasteiger partial charge in [-0.3, -0.25) is 14.9 Å². The monoisotopic (exact) mass is 424 g/mol. The van der Waals surface area contributed by atoms with Crippen LogP contribution in [0.5, 0.6) is 0 Å². The number of nitrogens with zero attached hydrogens (tertiary/aromatic N) is 3. The van der Waals surface area contributed by atoms with Gasteiger partial charge in [-0.15, -0.1) is 0 Å². The van der Waals surface area contributed by atoms with Crippen molar-refractivity contribution in [2.45, 2.75) is 37.5 Å². The molecular formula is C19H28N4O5S. The molecule has 1 aromatic carbocycles. The Morgan fingerprint density at radius 2 is 1.90 bits per heavy atom. The Morgan fingerprint density at radius 1 is 1.21 bits per heavy atom. The van der Waals surface area contributed by atoms with Crippen LogP contribution in [-0.2, 0) is 14.8 Å². The van der Waals surface area contributed by atoms with Crippen LogP contribution in [0, 0.1) is 22.0 Å². The van der Waals surface area contributed by atoms with E-state index in [1.54, 1.807) is 7.05 Å². The summed E-state index contributed by atoms with van der Waals surface area (Å²) in [7, 11) is -2.17. The summed E-state index contributed by atoms with van der Waals surface area (Å²) in [5.41, 5.74) is 0.186. The second-order valence-electron chi connectivity index (χ2n) is 7.89. The smallest absolute Gasteiger partial charge is 0.293 e. The highest BCUT2D eigenvalue weighted by molar-refractivity contribution is 7.89. The number of amides is 1. The first-order valence-corrected chi connectivity index (χ1v) is 11.4. The third kappa shape index (κ3) is 4.53. The lowest BCUT2D eigenvalue weighted by atomic mass is 9.95. The van der Waals surface area contributed by atoms with Crippen molar-refractivity contribution >= 4 is 27.3 Å². The highest BCUT2D eigenvalue weighted by atomic mass is 32.2. The zero-order valence-corrected chi connectivity index (χ0v) is 17.7. The van der Waals surface area contributed by atoms with Gasteiger partial charge >= 0.3 is 0 Å². The molecule has 2 aliphatic heterocycles. The van der Waals surface area contributed by atoms with Crippen LogP contribution in [0.1, 0.15) is 32.6 Å². The van der Waals surface area contributed by atoms with Gasteiger partial charge in [-0.05, 0) is 43.7 Å². The normalized spacial score (nSPS) is 21.7. The molecule has 3 rings (SSSR count). The fourth-order valence-corrected chi connectivity index (χ4v) is 5.80. The topological polar surface area (TPSA) is 113 Å². The molecule has 1 unspecified atom stereocenters. The number of carbonyl (C=O) groups is 1. The molecule has 2 fully saturated rings. The third-order valence-corrected chi connectivity index (χ3v) is 7.72. The summed E-state index contributed by atoms with van der Waals surface area (Å²) in [6.45, 7) is 3.90. The minimum absolute atomic E-state index is 0.0173. The van der Waals surface area contributed by atoms with Crippen molar-refractivity contribution in [1.82, 2.24) is 9.62 Å². The van der Waals surface area contributed by atoms with E-state index in [2.05, 4.69) is 5.32 Å². The van der Waals surface area contributed by atoms with E-state index in [-0.39, 0.29) is 28.3 Å². The predicted octanol–water partition coefficient (Wildman–Crippen LogP) is 1.98. The number of nitrogens with one attached hydrogen (secondary N) is 1. The van der Waals surface area contributed by atoms with Crippen LogP contribution in [0.4, 0.5) is 11.4 Å². The summed E-state index contributed by atoms with van der Waals surface area (Å²) in [6, 6.07) is 4.16. The number of anilines is 1. The van der Waals surface area contributed by atoms with E-state index in [1.165, 1.54) is 22.5 Å². The highest BCUT2D eigenvalue weighted by Crippen LogP contribution is 2.35. The summed E-state index contributed by atoms with van der Waals surface area (Å²) < 4.78 is 27.4.